The normalized spacial score (nSPS) is 14.6. The summed E-state index contributed by atoms with van der Waals surface area (Å²) in [4.78, 5) is 59.7. The predicted octanol–water partition coefficient (Wildman–Crippen LogP) is -1.84. The van der Waals surface area contributed by atoms with Crippen LogP contribution in [0.15, 0.2) is 0 Å². The quantitative estimate of drug-likeness (QED) is 0.120. The lowest BCUT2D eigenvalue weighted by Gasteiger charge is -2.24. The molecule has 0 saturated carbocycles. The lowest BCUT2D eigenvalue weighted by Crippen LogP contribution is -2.58. The number of carbonyl (C=O) groups excluding carboxylic acids is 4. The second kappa shape index (κ2) is 16.1. The van der Waals surface area contributed by atoms with Crippen LogP contribution in [0.25, 0.3) is 0 Å². The molecule has 0 spiro atoms. The number of nitrogens with two attached hydrogens (primary N) is 2. The zero-order valence-corrected chi connectivity index (χ0v) is 20.0. The Morgan fingerprint density at radius 3 is 1.84 bits per heavy atom. The van der Waals surface area contributed by atoms with Gasteiger partial charge in [-0.1, -0.05) is 0 Å². The minimum Gasteiger partial charge on any atom is -0.480 e. The minimum atomic E-state index is -1.52. The van der Waals surface area contributed by atoms with Crippen molar-refractivity contribution in [2.24, 2.45) is 11.5 Å². The van der Waals surface area contributed by atoms with Crippen molar-refractivity contribution in [2.75, 3.05) is 29.8 Å². The third-order valence-corrected chi connectivity index (χ3v) is 5.70. The third-order valence-electron chi connectivity index (χ3n) is 4.05. The number of carboxylic acid groups (broad SMARTS) is 1. The van der Waals surface area contributed by atoms with Crippen molar-refractivity contribution in [2.45, 2.75) is 43.4 Å². The first-order valence-corrected chi connectivity index (χ1v) is 12.8. The van der Waals surface area contributed by atoms with Crippen molar-refractivity contribution in [3.8, 4) is 0 Å². The van der Waals surface area contributed by atoms with Gasteiger partial charge in [-0.05, 0) is 36.9 Å². The summed E-state index contributed by atoms with van der Waals surface area (Å²) in [5.74, 6) is -3.15. The van der Waals surface area contributed by atoms with Gasteiger partial charge in [-0.15, -0.1) is 0 Å². The van der Waals surface area contributed by atoms with Crippen LogP contribution in [0.4, 0.5) is 0 Å². The average molecular weight is 498 g/mol. The van der Waals surface area contributed by atoms with E-state index in [0.29, 0.717) is 17.9 Å². The summed E-state index contributed by atoms with van der Waals surface area (Å²) < 4.78 is 0. The highest BCUT2D eigenvalue weighted by Gasteiger charge is 2.30. The van der Waals surface area contributed by atoms with E-state index >= 15 is 0 Å². The van der Waals surface area contributed by atoms with E-state index < -0.39 is 60.2 Å². The van der Waals surface area contributed by atoms with Crippen molar-refractivity contribution >= 4 is 65.8 Å². The average Bonchev–Trinajstić information content (AvgIpc) is 2.71. The monoisotopic (exact) mass is 497 g/mol. The zero-order chi connectivity index (χ0) is 24.0. The Morgan fingerprint density at radius 1 is 0.871 bits per heavy atom. The number of carboxylic acids is 1. The molecule has 4 unspecified atom stereocenters. The SMILES string of the molecule is CSCCC(N)C(=O)NC(CS)C(=O)NC(CCSC)C(=O)NC(CC(N)=O)C(=O)O. The number of hydrogen-bond acceptors (Lipinski definition) is 9. The highest BCUT2D eigenvalue weighted by molar-refractivity contribution is 7.98. The summed E-state index contributed by atoms with van der Waals surface area (Å²) >= 11 is 7.04. The molecule has 4 atom stereocenters. The number of thioether (sulfide) groups is 2. The molecule has 0 aromatic heterocycles. The Morgan fingerprint density at radius 2 is 1.35 bits per heavy atom. The summed E-state index contributed by atoms with van der Waals surface area (Å²) in [6.07, 6.45) is 3.72. The molecule has 0 aromatic carbocycles. The van der Waals surface area contributed by atoms with E-state index in [-0.39, 0.29) is 12.2 Å². The Bertz CT molecular complexity index is 639. The molecule has 31 heavy (non-hydrogen) atoms. The van der Waals surface area contributed by atoms with E-state index in [1.54, 1.807) is 6.26 Å². The summed E-state index contributed by atoms with van der Waals surface area (Å²) in [6, 6.07) is -4.43. The summed E-state index contributed by atoms with van der Waals surface area (Å²) in [6.45, 7) is 0. The molecule has 0 aliphatic rings. The van der Waals surface area contributed by atoms with Gasteiger partial charge in [0.1, 0.15) is 18.1 Å². The second-order valence-electron chi connectivity index (χ2n) is 6.54. The highest BCUT2D eigenvalue weighted by atomic mass is 32.2. The lowest BCUT2D eigenvalue weighted by molar-refractivity contribution is -0.143. The molecule has 0 aliphatic carbocycles. The van der Waals surface area contributed by atoms with Gasteiger partial charge in [-0.2, -0.15) is 36.2 Å². The largest absolute Gasteiger partial charge is 0.480 e. The van der Waals surface area contributed by atoms with E-state index in [4.69, 9.17) is 16.6 Å². The molecule has 0 aromatic rings. The van der Waals surface area contributed by atoms with Crippen molar-refractivity contribution < 1.29 is 29.1 Å². The summed E-state index contributed by atoms with van der Waals surface area (Å²) in [7, 11) is 0. The van der Waals surface area contributed by atoms with Gasteiger partial charge in [0.25, 0.3) is 0 Å². The van der Waals surface area contributed by atoms with E-state index in [9.17, 15) is 24.0 Å². The maximum absolute atomic E-state index is 12.6. The predicted molar refractivity (Wildman–Crippen MR) is 125 cm³/mol. The van der Waals surface area contributed by atoms with Crippen molar-refractivity contribution in [1.29, 1.82) is 0 Å². The van der Waals surface area contributed by atoms with Gasteiger partial charge < -0.3 is 32.5 Å². The molecule has 4 amide bonds. The van der Waals surface area contributed by atoms with Crippen molar-refractivity contribution in [3.63, 3.8) is 0 Å². The smallest absolute Gasteiger partial charge is 0.326 e. The number of hydrogen-bond donors (Lipinski definition) is 7. The number of nitrogens with one attached hydrogen (secondary N) is 3. The number of thiol groups is 1. The van der Waals surface area contributed by atoms with Gasteiger partial charge in [-0.3, -0.25) is 19.2 Å². The first-order chi connectivity index (χ1) is 14.6. The molecule has 178 valence electrons. The molecular weight excluding hydrogens is 466 g/mol. The Labute approximate surface area is 195 Å². The van der Waals surface area contributed by atoms with Crippen LogP contribution in [-0.4, -0.2) is 88.6 Å². The van der Waals surface area contributed by atoms with E-state index in [0.717, 1.165) is 0 Å². The zero-order valence-electron chi connectivity index (χ0n) is 17.5. The van der Waals surface area contributed by atoms with Gasteiger partial charge >= 0.3 is 5.97 Å². The first-order valence-electron chi connectivity index (χ1n) is 9.33. The third kappa shape index (κ3) is 12.1. The van der Waals surface area contributed by atoms with Crippen LogP contribution < -0.4 is 27.4 Å². The molecule has 11 nitrogen and oxygen atoms in total. The molecular formula is C17H31N5O6S3. The fourth-order valence-corrected chi connectivity index (χ4v) is 3.52. The van der Waals surface area contributed by atoms with Crippen LogP contribution in [0, 0.1) is 0 Å². The molecule has 8 N–H and O–H groups in total. The maximum Gasteiger partial charge on any atom is 0.326 e. The number of primary amides is 1. The number of amides is 4. The number of aliphatic carboxylic acids is 1. The molecule has 0 rings (SSSR count). The second-order valence-corrected chi connectivity index (χ2v) is 8.88. The summed E-state index contributed by atoms with van der Waals surface area (Å²) in [5, 5.41) is 16.4. The number of rotatable bonds is 16. The van der Waals surface area contributed by atoms with E-state index in [1.807, 2.05) is 6.26 Å². The van der Waals surface area contributed by atoms with Crippen LogP contribution >= 0.6 is 36.2 Å². The highest BCUT2D eigenvalue weighted by Crippen LogP contribution is 2.05. The Balaban J connectivity index is 5.18. The molecule has 0 bridgehead atoms. The minimum absolute atomic E-state index is 0.0386. The van der Waals surface area contributed by atoms with Crippen LogP contribution in [0.1, 0.15) is 19.3 Å². The van der Waals surface area contributed by atoms with Crippen molar-refractivity contribution in [1.82, 2.24) is 16.0 Å². The van der Waals surface area contributed by atoms with Crippen LogP contribution in [0.2, 0.25) is 0 Å². The van der Waals surface area contributed by atoms with Crippen LogP contribution in [-0.2, 0) is 24.0 Å². The Hall–Kier alpha value is -1.64. The van der Waals surface area contributed by atoms with Gasteiger partial charge in [0.15, 0.2) is 0 Å². The lowest BCUT2D eigenvalue weighted by atomic mass is 10.1. The molecule has 0 fully saturated rings. The Kier molecular flexibility index (Phi) is 15.2. The van der Waals surface area contributed by atoms with Crippen molar-refractivity contribution in [3.05, 3.63) is 0 Å². The molecule has 0 radical (unpaired) electrons. The first kappa shape index (κ1) is 29.4. The van der Waals surface area contributed by atoms with Gasteiger partial charge in [0.05, 0.1) is 12.5 Å². The summed E-state index contributed by atoms with van der Waals surface area (Å²) in [5.41, 5.74) is 10.8. The topological polar surface area (TPSA) is 194 Å². The maximum atomic E-state index is 12.6. The van der Waals surface area contributed by atoms with E-state index in [2.05, 4.69) is 28.6 Å². The van der Waals surface area contributed by atoms with E-state index in [1.165, 1.54) is 23.5 Å². The molecule has 0 saturated heterocycles. The molecule has 0 aliphatic heterocycles. The van der Waals surface area contributed by atoms with Crippen LogP contribution in [0.5, 0.6) is 0 Å². The molecule has 14 heteroatoms. The van der Waals surface area contributed by atoms with Crippen LogP contribution in [0.3, 0.4) is 0 Å². The number of carbonyl (C=O) groups is 5. The standard InChI is InChI=1S/C17H31N5O6S3/c1-30-5-3-9(18)14(24)22-12(8-29)16(26)20-10(4-6-31-2)15(25)21-11(17(27)28)7-13(19)23/h9-12,29H,3-8,18H2,1-2H3,(H2,19,23)(H,20,26)(H,21,25)(H,22,24)(H,27,28). The van der Waals surface area contributed by atoms with Gasteiger partial charge in [0.2, 0.25) is 23.6 Å². The molecule has 0 heterocycles. The fraction of sp³-hybridized carbons (Fsp3) is 0.706. The fourth-order valence-electron chi connectivity index (χ4n) is 2.30. The van der Waals surface area contributed by atoms with Gasteiger partial charge in [0, 0.05) is 5.75 Å². The van der Waals surface area contributed by atoms with Gasteiger partial charge in [-0.25, -0.2) is 4.79 Å².